The van der Waals surface area contributed by atoms with E-state index < -0.39 is 0 Å². The van der Waals surface area contributed by atoms with Crippen molar-refractivity contribution in [1.29, 1.82) is 0 Å². The Kier molecular flexibility index (Phi) is 3.61. The molecule has 2 saturated heterocycles. The molecule has 3 heteroatoms. The van der Waals surface area contributed by atoms with E-state index in [0.29, 0.717) is 6.04 Å². The van der Waals surface area contributed by atoms with Gasteiger partial charge in [-0.25, -0.2) is 0 Å². The zero-order valence-electron chi connectivity index (χ0n) is 12.0. The van der Waals surface area contributed by atoms with Crippen molar-refractivity contribution in [1.82, 2.24) is 4.90 Å². The Morgan fingerprint density at radius 1 is 1.11 bits per heavy atom. The first-order valence-corrected chi connectivity index (χ1v) is 8.09. The van der Waals surface area contributed by atoms with Gasteiger partial charge in [0.1, 0.15) is 0 Å². The number of hydrogen-bond donors (Lipinski definition) is 1. The summed E-state index contributed by atoms with van der Waals surface area (Å²) in [4.78, 5) is 2.60. The summed E-state index contributed by atoms with van der Waals surface area (Å²) in [6.45, 7) is 4.40. The van der Waals surface area contributed by atoms with E-state index in [1.54, 1.807) is 0 Å². The van der Waals surface area contributed by atoms with Crippen LogP contribution in [0.1, 0.15) is 36.8 Å². The van der Waals surface area contributed by atoms with Crippen LogP contribution in [0.5, 0.6) is 0 Å². The Bertz CT molecular complexity index is 449. The maximum Gasteiger partial charge on any atom is 0.0402 e. The van der Waals surface area contributed by atoms with Gasteiger partial charge in [0, 0.05) is 28.3 Å². The van der Waals surface area contributed by atoms with E-state index in [1.807, 2.05) is 0 Å². The van der Waals surface area contributed by atoms with Crippen LogP contribution >= 0.6 is 15.9 Å². The first-order valence-electron chi connectivity index (χ1n) is 7.30. The smallest absolute Gasteiger partial charge is 0.0402 e. The summed E-state index contributed by atoms with van der Waals surface area (Å²) in [5.74, 6) is 0. The summed E-state index contributed by atoms with van der Waals surface area (Å²) in [5.41, 5.74) is 4.04. The van der Waals surface area contributed by atoms with Gasteiger partial charge in [0.2, 0.25) is 0 Å². The minimum absolute atomic E-state index is 0.646. The van der Waals surface area contributed by atoms with E-state index in [0.717, 1.165) is 12.1 Å². The number of piperidine rings is 1. The van der Waals surface area contributed by atoms with E-state index in [1.165, 1.54) is 47.0 Å². The molecular weight excluding hydrogens is 300 g/mol. The van der Waals surface area contributed by atoms with E-state index in [2.05, 4.69) is 59.2 Å². The number of nitrogens with one attached hydrogen (secondary N) is 1. The average molecular weight is 323 g/mol. The summed E-state index contributed by atoms with van der Waals surface area (Å²) in [5, 5.41) is 3.82. The van der Waals surface area contributed by atoms with Gasteiger partial charge in [0.25, 0.3) is 0 Å². The molecule has 19 heavy (non-hydrogen) atoms. The maximum absolute atomic E-state index is 3.82. The monoisotopic (exact) mass is 322 g/mol. The molecule has 104 valence electrons. The number of fused-ring (bicyclic) bond motifs is 2. The van der Waals surface area contributed by atoms with Gasteiger partial charge in [-0.3, -0.25) is 0 Å². The second-order valence-electron chi connectivity index (χ2n) is 6.28. The fourth-order valence-electron chi connectivity index (χ4n) is 3.87. The number of rotatable bonds is 2. The molecule has 2 unspecified atom stereocenters. The lowest BCUT2D eigenvalue weighted by Crippen LogP contribution is -2.44. The topological polar surface area (TPSA) is 15.3 Å². The molecular formula is C16H23BrN2. The zero-order valence-corrected chi connectivity index (χ0v) is 13.6. The van der Waals surface area contributed by atoms with Gasteiger partial charge in [-0.2, -0.15) is 0 Å². The summed E-state index contributed by atoms with van der Waals surface area (Å²) >= 11 is 3.57. The van der Waals surface area contributed by atoms with Gasteiger partial charge in [-0.05, 0) is 69.8 Å². The van der Waals surface area contributed by atoms with Crippen molar-refractivity contribution < 1.29 is 0 Å². The van der Waals surface area contributed by atoms with Gasteiger partial charge in [0.15, 0.2) is 0 Å². The molecule has 2 atom stereocenters. The highest BCUT2D eigenvalue weighted by molar-refractivity contribution is 9.10. The molecule has 1 aromatic rings. The number of aryl methyl sites for hydroxylation is 2. The molecule has 0 radical (unpaired) electrons. The fraction of sp³-hybridized carbons (Fsp3) is 0.625. The summed E-state index contributed by atoms with van der Waals surface area (Å²) in [6, 6.07) is 6.66. The Labute approximate surface area is 124 Å². The normalized spacial score (nSPS) is 30.6. The molecule has 2 aliphatic heterocycles. The van der Waals surface area contributed by atoms with E-state index >= 15 is 0 Å². The first kappa shape index (κ1) is 13.4. The van der Waals surface area contributed by atoms with E-state index in [-0.39, 0.29) is 0 Å². The van der Waals surface area contributed by atoms with Gasteiger partial charge in [0.05, 0.1) is 0 Å². The molecule has 2 bridgehead atoms. The number of benzene rings is 1. The fourth-order valence-corrected chi connectivity index (χ4v) is 4.56. The molecule has 0 saturated carbocycles. The van der Waals surface area contributed by atoms with Crippen molar-refractivity contribution in [3.8, 4) is 0 Å². The van der Waals surface area contributed by atoms with Crippen molar-refractivity contribution in [2.45, 2.75) is 57.7 Å². The van der Waals surface area contributed by atoms with Crippen LogP contribution < -0.4 is 5.32 Å². The van der Waals surface area contributed by atoms with Gasteiger partial charge in [-0.1, -0.05) is 15.9 Å². The molecule has 3 rings (SSSR count). The molecule has 2 fully saturated rings. The Hall–Kier alpha value is -0.540. The van der Waals surface area contributed by atoms with Crippen LogP contribution in [0.3, 0.4) is 0 Å². The largest absolute Gasteiger partial charge is 0.382 e. The highest BCUT2D eigenvalue weighted by Crippen LogP contribution is 2.36. The minimum atomic E-state index is 0.646. The summed E-state index contributed by atoms with van der Waals surface area (Å²) in [7, 11) is 2.30. The maximum atomic E-state index is 3.82. The number of anilines is 1. The molecule has 1 aromatic carbocycles. The lowest BCUT2D eigenvalue weighted by molar-refractivity contribution is 0.169. The van der Waals surface area contributed by atoms with Crippen LogP contribution in [-0.4, -0.2) is 30.1 Å². The molecule has 2 heterocycles. The zero-order chi connectivity index (χ0) is 13.6. The van der Waals surface area contributed by atoms with Crippen molar-refractivity contribution in [2.24, 2.45) is 0 Å². The van der Waals surface area contributed by atoms with Crippen LogP contribution in [0.25, 0.3) is 0 Å². The number of halogens is 1. The van der Waals surface area contributed by atoms with Crippen molar-refractivity contribution in [3.05, 3.63) is 27.7 Å². The molecule has 0 spiro atoms. The molecule has 0 amide bonds. The third-order valence-corrected chi connectivity index (χ3v) is 5.40. The molecule has 1 N–H and O–H groups in total. The van der Waals surface area contributed by atoms with E-state index in [4.69, 9.17) is 0 Å². The molecule has 2 aliphatic rings. The van der Waals surface area contributed by atoms with Crippen LogP contribution in [0.2, 0.25) is 0 Å². The second-order valence-corrected chi connectivity index (χ2v) is 7.19. The molecule has 0 aliphatic carbocycles. The second kappa shape index (κ2) is 5.10. The average Bonchev–Trinajstić information content (AvgIpc) is 2.58. The SMILES string of the molecule is Cc1cc(Br)cc(C)c1NC1CC2CCC(C1)N2C. The Morgan fingerprint density at radius 3 is 2.16 bits per heavy atom. The first-order chi connectivity index (χ1) is 9.04. The Morgan fingerprint density at radius 2 is 1.63 bits per heavy atom. The predicted octanol–water partition coefficient (Wildman–Crippen LogP) is 4.10. The third kappa shape index (κ3) is 2.55. The van der Waals surface area contributed by atoms with Crippen molar-refractivity contribution >= 4 is 21.6 Å². The van der Waals surface area contributed by atoms with Gasteiger partial charge >= 0.3 is 0 Å². The van der Waals surface area contributed by atoms with Gasteiger partial charge in [-0.15, -0.1) is 0 Å². The van der Waals surface area contributed by atoms with Gasteiger partial charge < -0.3 is 10.2 Å². The van der Waals surface area contributed by atoms with Crippen molar-refractivity contribution in [2.75, 3.05) is 12.4 Å². The quantitative estimate of drug-likeness (QED) is 0.881. The lowest BCUT2D eigenvalue weighted by Gasteiger charge is -2.37. The van der Waals surface area contributed by atoms with Crippen LogP contribution in [0, 0.1) is 13.8 Å². The molecule has 2 nitrogen and oxygen atoms in total. The van der Waals surface area contributed by atoms with Crippen LogP contribution in [0.15, 0.2) is 16.6 Å². The van der Waals surface area contributed by atoms with Crippen molar-refractivity contribution in [3.63, 3.8) is 0 Å². The third-order valence-electron chi connectivity index (χ3n) is 4.94. The lowest BCUT2D eigenvalue weighted by atomic mass is 9.97. The van der Waals surface area contributed by atoms with Crippen LogP contribution in [-0.2, 0) is 0 Å². The standard InChI is InChI=1S/C16H23BrN2/c1-10-6-12(17)7-11(2)16(10)18-13-8-14-4-5-15(9-13)19(14)3/h6-7,13-15,18H,4-5,8-9H2,1-3H3. The van der Waals surface area contributed by atoms with E-state index in [9.17, 15) is 0 Å². The summed E-state index contributed by atoms with van der Waals surface area (Å²) < 4.78 is 1.18. The Balaban J connectivity index is 1.76. The highest BCUT2D eigenvalue weighted by Gasteiger charge is 2.38. The molecule has 0 aromatic heterocycles. The number of hydrogen-bond acceptors (Lipinski definition) is 2. The summed E-state index contributed by atoms with van der Waals surface area (Å²) in [6.07, 6.45) is 5.36. The predicted molar refractivity (Wildman–Crippen MR) is 84.8 cm³/mol. The highest BCUT2D eigenvalue weighted by atomic mass is 79.9. The number of nitrogens with zero attached hydrogens (tertiary/aromatic N) is 1. The van der Waals surface area contributed by atoms with Crippen LogP contribution in [0.4, 0.5) is 5.69 Å². The minimum Gasteiger partial charge on any atom is -0.382 e.